The molecule has 0 N–H and O–H groups in total. The Morgan fingerprint density at radius 3 is 2.86 bits per heavy atom. The summed E-state index contributed by atoms with van der Waals surface area (Å²) in [5.41, 5.74) is 0.105. The molecule has 1 unspecified atom stereocenters. The summed E-state index contributed by atoms with van der Waals surface area (Å²) in [6.45, 7) is 1.66. The number of hydrogen-bond acceptors (Lipinski definition) is 4. The van der Waals surface area contributed by atoms with Crippen molar-refractivity contribution >= 4 is 25.6 Å². The fourth-order valence-electron chi connectivity index (χ4n) is 2.39. The molecule has 1 fully saturated rings. The van der Waals surface area contributed by atoms with E-state index in [1.54, 1.807) is 12.0 Å². The van der Waals surface area contributed by atoms with Gasteiger partial charge in [-0.05, 0) is 24.6 Å². The first-order valence-electron chi connectivity index (χ1n) is 6.35. The van der Waals surface area contributed by atoms with Crippen LogP contribution in [0.25, 0.3) is 0 Å². The molecule has 21 heavy (non-hydrogen) atoms. The number of ether oxygens (including phenoxy) is 1. The number of amides is 1. The molecule has 2 rings (SSSR count). The number of likely N-dealkylation sites (tertiary alicyclic amines) is 1. The van der Waals surface area contributed by atoms with E-state index in [1.165, 1.54) is 6.07 Å². The van der Waals surface area contributed by atoms with Crippen molar-refractivity contribution in [2.75, 3.05) is 26.8 Å². The average molecular weight is 336 g/mol. The first kappa shape index (κ1) is 16.2. The number of methoxy groups -OCH3 is 1. The zero-order valence-corrected chi connectivity index (χ0v) is 13.0. The molecule has 5 nitrogen and oxygen atoms in total. The minimum absolute atomic E-state index is 0.105. The van der Waals surface area contributed by atoms with Crippen LogP contribution in [0, 0.1) is 11.7 Å². The van der Waals surface area contributed by atoms with Gasteiger partial charge in [-0.3, -0.25) is 4.79 Å². The molecule has 1 aromatic rings. The maximum atomic E-state index is 13.5. The Morgan fingerprint density at radius 2 is 2.24 bits per heavy atom. The quantitative estimate of drug-likeness (QED) is 0.788. The van der Waals surface area contributed by atoms with E-state index in [1.807, 2.05) is 0 Å². The smallest absolute Gasteiger partial charge is 0.264 e. The molecule has 1 aliphatic heterocycles. The average Bonchev–Trinajstić information content (AvgIpc) is 2.86. The molecule has 0 spiro atoms. The second-order valence-electron chi connectivity index (χ2n) is 4.94. The fourth-order valence-corrected chi connectivity index (χ4v) is 3.32. The van der Waals surface area contributed by atoms with Crippen LogP contribution in [-0.4, -0.2) is 46.0 Å². The molecule has 1 heterocycles. The standard InChI is InChI=1S/C13H15ClFNO4S/c1-20-8-9-4-5-16(7-9)13(17)10-2-3-11(15)12(6-10)21(14,18)19/h2-3,6,9H,4-5,7-8H2,1H3. The van der Waals surface area contributed by atoms with Crippen LogP contribution in [0.4, 0.5) is 4.39 Å². The van der Waals surface area contributed by atoms with Gasteiger partial charge in [0, 0.05) is 42.4 Å². The van der Waals surface area contributed by atoms with Crippen molar-refractivity contribution in [2.24, 2.45) is 5.92 Å². The summed E-state index contributed by atoms with van der Waals surface area (Å²) in [6, 6.07) is 3.17. The lowest BCUT2D eigenvalue weighted by Gasteiger charge is -2.17. The molecular formula is C13H15ClFNO4S. The van der Waals surface area contributed by atoms with E-state index in [0.29, 0.717) is 19.7 Å². The van der Waals surface area contributed by atoms with Crippen molar-refractivity contribution in [3.05, 3.63) is 29.6 Å². The molecule has 0 saturated carbocycles. The van der Waals surface area contributed by atoms with Gasteiger partial charge in [-0.25, -0.2) is 12.8 Å². The SMILES string of the molecule is COCC1CCN(C(=O)c2ccc(F)c(S(=O)(=O)Cl)c2)C1. The third kappa shape index (κ3) is 3.72. The predicted octanol–water partition coefficient (Wildman–Crippen LogP) is 1.86. The lowest BCUT2D eigenvalue weighted by atomic mass is 10.1. The Hall–Kier alpha value is -1.18. The zero-order chi connectivity index (χ0) is 15.6. The van der Waals surface area contributed by atoms with E-state index < -0.39 is 19.8 Å². The normalized spacial score (nSPS) is 19.0. The lowest BCUT2D eigenvalue weighted by Crippen LogP contribution is -2.29. The number of carbonyl (C=O) groups excluding carboxylic acids is 1. The van der Waals surface area contributed by atoms with Crippen molar-refractivity contribution in [2.45, 2.75) is 11.3 Å². The fraction of sp³-hybridized carbons (Fsp3) is 0.462. The minimum Gasteiger partial charge on any atom is -0.384 e. The zero-order valence-electron chi connectivity index (χ0n) is 11.4. The van der Waals surface area contributed by atoms with Crippen LogP contribution in [0.2, 0.25) is 0 Å². The van der Waals surface area contributed by atoms with Crippen LogP contribution in [0.5, 0.6) is 0 Å². The summed E-state index contributed by atoms with van der Waals surface area (Å²) in [4.78, 5) is 13.2. The molecule has 0 radical (unpaired) electrons. The van der Waals surface area contributed by atoms with E-state index in [9.17, 15) is 17.6 Å². The summed E-state index contributed by atoms with van der Waals surface area (Å²) in [5, 5.41) is 0. The largest absolute Gasteiger partial charge is 0.384 e. The number of hydrogen-bond donors (Lipinski definition) is 0. The van der Waals surface area contributed by atoms with Crippen LogP contribution in [0.1, 0.15) is 16.8 Å². The lowest BCUT2D eigenvalue weighted by molar-refractivity contribution is 0.0775. The highest BCUT2D eigenvalue weighted by molar-refractivity contribution is 8.13. The topological polar surface area (TPSA) is 63.7 Å². The molecule has 0 bridgehead atoms. The summed E-state index contributed by atoms with van der Waals surface area (Å²) in [6.07, 6.45) is 0.821. The molecule has 1 aliphatic rings. The first-order valence-corrected chi connectivity index (χ1v) is 8.66. The van der Waals surface area contributed by atoms with Crippen molar-refractivity contribution < 1.29 is 22.3 Å². The van der Waals surface area contributed by atoms with Gasteiger partial charge in [0.25, 0.3) is 15.0 Å². The van der Waals surface area contributed by atoms with Gasteiger partial charge in [-0.2, -0.15) is 0 Å². The summed E-state index contributed by atoms with van der Waals surface area (Å²) < 4.78 is 41.1. The van der Waals surface area contributed by atoms with Gasteiger partial charge in [0.05, 0.1) is 6.61 Å². The van der Waals surface area contributed by atoms with Crippen LogP contribution < -0.4 is 0 Å². The highest BCUT2D eigenvalue weighted by atomic mass is 35.7. The monoisotopic (exact) mass is 335 g/mol. The van der Waals surface area contributed by atoms with E-state index >= 15 is 0 Å². The van der Waals surface area contributed by atoms with E-state index in [0.717, 1.165) is 18.6 Å². The van der Waals surface area contributed by atoms with Crippen molar-refractivity contribution in [3.8, 4) is 0 Å². The molecule has 8 heteroatoms. The molecule has 1 amide bonds. The van der Waals surface area contributed by atoms with Crippen molar-refractivity contribution in [3.63, 3.8) is 0 Å². The van der Waals surface area contributed by atoms with Crippen LogP contribution in [-0.2, 0) is 13.8 Å². The summed E-state index contributed by atoms with van der Waals surface area (Å²) >= 11 is 0. The van der Waals surface area contributed by atoms with Crippen LogP contribution in [0.3, 0.4) is 0 Å². The van der Waals surface area contributed by atoms with Gasteiger partial charge in [0.15, 0.2) is 0 Å². The van der Waals surface area contributed by atoms with Gasteiger partial charge in [0.2, 0.25) is 0 Å². The second kappa shape index (κ2) is 6.29. The Bertz CT molecular complexity index is 650. The summed E-state index contributed by atoms with van der Waals surface area (Å²) in [7, 11) is 2.53. The predicted molar refractivity (Wildman–Crippen MR) is 75.3 cm³/mol. The van der Waals surface area contributed by atoms with E-state index in [2.05, 4.69) is 0 Å². The van der Waals surface area contributed by atoms with Crippen molar-refractivity contribution in [1.29, 1.82) is 0 Å². The van der Waals surface area contributed by atoms with Gasteiger partial charge in [-0.15, -0.1) is 0 Å². The Kier molecular flexibility index (Phi) is 4.85. The molecule has 1 atom stereocenters. The van der Waals surface area contributed by atoms with Crippen LogP contribution >= 0.6 is 10.7 Å². The molecule has 0 aromatic heterocycles. The maximum absolute atomic E-state index is 13.5. The number of rotatable bonds is 4. The molecule has 1 aromatic carbocycles. The molecular weight excluding hydrogens is 321 g/mol. The highest BCUT2D eigenvalue weighted by Gasteiger charge is 2.28. The van der Waals surface area contributed by atoms with Crippen molar-refractivity contribution in [1.82, 2.24) is 4.90 Å². The first-order chi connectivity index (χ1) is 9.82. The number of halogens is 2. The number of carbonyl (C=O) groups is 1. The van der Waals surface area contributed by atoms with Gasteiger partial charge >= 0.3 is 0 Å². The Morgan fingerprint density at radius 1 is 1.52 bits per heavy atom. The second-order valence-corrected chi connectivity index (χ2v) is 7.48. The third-order valence-electron chi connectivity index (χ3n) is 3.42. The summed E-state index contributed by atoms with van der Waals surface area (Å²) in [5.74, 6) is -1.05. The van der Waals surface area contributed by atoms with E-state index in [4.69, 9.17) is 15.4 Å². The van der Waals surface area contributed by atoms with Gasteiger partial charge in [0.1, 0.15) is 10.7 Å². The molecule has 1 saturated heterocycles. The van der Waals surface area contributed by atoms with Crippen LogP contribution in [0.15, 0.2) is 23.1 Å². The minimum atomic E-state index is -4.23. The van der Waals surface area contributed by atoms with Gasteiger partial charge < -0.3 is 9.64 Å². The Labute approximate surface area is 127 Å². The number of benzene rings is 1. The maximum Gasteiger partial charge on any atom is 0.264 e. The van der Waals surface area contributed by atoms with Gasteiger partial charge in [-0.1, -0.05) is 0 Å². The molecule has 0 aliphatic carbocycles. The third-order valence-corrected chi connectivity index (χ3v) is 4.75. The Balaban J connectivity index is 2.21. The molecule has 116 valence electrons. The highest BCUT2D eigenvalue weighted by Crippen LogP contribution is 2.23. The van der Waals surface area contributed by atoms with E-state index in [-0.39, 0.29) is 17.4 Å². The number of nitrogens with zero attached hydrogens (tertiary/aromatic N) is 1.